The van der Waals surface area contributed by atoms with Gasteiger partial charge in [0, 0.05) is 18.6 Å². The number of hydrogen-bond donors (Lipinski definition) is 1. The van der Waals surface area contributed by atoms with Crippen LogP contribution in [0.3, 0.4) is 0 Å². The molecular weight excluding hydrogens is 260 g/mol. The van der Waals surface area contributed by atoms with E-state index in [1.54, 1.807) is 0 Å². The maximum absolute atomic E-state index is 12.7. The van der Waals surface area contributed by atoms with Gasteiger partial charge >= 0.3 is 0 Å². The van der Waals surface area contributed by atoms with Crippen molar-refractivity contribution in [1.29, 1.82) is 0 Å². The summed E-state index contributed by atoms with van der Waals surface area (Å²) in [6.45, 7) is 4.09. The molecule has 0 radical (unpaired) electrons. The topological polar surface area (TPSA) is 32.3 Å². The van der Waals surface area contributed by atoms with Crippen LogP contribution in [0, 0.1) is 6.92 Å². The van der Waals surface area contributed by atoms with E-state index in [1.165, 1.54) is 43.2 Å². The Labute approximate surface area is 127 Å². The first-order valence-corrected chi connectivity index (χ1v) is 8.31. The molecule has 21 heavy (non-hydrogen) atoms. The van der Waals surface area contributed by atoms with Crippen molar-refractivity contribution < 1.29 is 4.79 Å². The van der Waals surface area contributed by atoms with E-state index in [0.717, 1.165) is 13.1 Å². The Bertz CT molecular complexity index is 490. The molecule has 1 N–H and O–H groups in total. The fourth-order valence-corrected chi connectivity index (χ4v) is 3.23. The van der Waals surface area contributed by atoms with Crippen molar-refractivity contribution in [2.45, 2.75) is 57.5 Å². The van der Waals surface area contributed by atoms with Crippen LogP contribution in [-0.4, -0.2) is 36.0 Å². The van der Waals surface area contributed by atoms with Crippen molar-refractivity contribution >= 4 is 5.91 Å². The van der Waals surface area contributed by atoms with Crippen molar-refractivity contribution in [3.63, 3.8) is 0 Å². The molecule has 1 atom stereocenters. The summed E-state index contributed by atoms with van der Waals surface area (Å²) in [6.07, 6.45) is 6.70. The van der Waals surface area contributed by atoms with E-state index in [1.807, 2.05) is 12.1 Å². The number of benzene rings is 1. The molecule has 3 nitrogen and oxygen atoms in total. The van der Waals surface area contributed by atoms with Crippen LogP contribution in [-0.2, 0) is 11.2 Å². The van der Waals surface area contributed by atoms with Crippen molar-refractivity contribution in [3.05, 3.63) is 35.4 Å². The smallest absolute Gasteiger partial charge is 0.227 e. The van der Waals surface area contributed by atoms with Crippen LogP contribution >= 0.6 is 0 Å². The summed E-state index contributed by atoms with van der Waals surface area (Å²) in [5.41, 5.74) is 2.39. The molecule has 1 aliphatic heterocycles. The highest BCUT2D eigenvalue weighted by atomic mass is 16.2. The molecule has 2 fully saturated rings. The molecule has 1 saturated heterocycles. The standard InChI is InChI=1S/C18H26N2O/c1-14-6-2-3-7-15(14)12-18(21)20(17-9-10-17)13-16-8-4-5-11-19-16/h2-3,6-7,16-17,19H,4-5,8-13H2,1H3. The fraction of sp³-hybridized carbons (Fsp3) is 0.611. The highest BCUT2D eigenvalue weighted by Gasteiger charge is 2.34. The zero-order valence-corrected chi connectivity index (χ0v) is 13.0. The predicted octanol–water partition coefficient (Wildman–Crippen LogP) is 2.67. The van der Waals surface area contributed by atoms with Crippen LogP contribution in [0.15, 0.2) is 24.3 Å². The van der Waals surface area contributed by atoms with E-state index in [2.05, 4.69) is 29.3 Å². The Kier molecular flexibility index (Phi) is 4.59. The van der Waals surface area contributed by atoms with E-state index >= 15 is 0 Å². The minimum atomic E-state index is 0.305. The Morgan fingerprint density at radius 3 is 2.71 bits per heavy atom. The van der Waals surface area contributed by atoms with E-state index in [-0.39, 0.29) is 0 Å². The van der Waals surface area contributed by atoms with Crippen LogP contribution in [0.1, 0.15) is 43.2 Å². The molecule has 1 amide bonds. The Hall–Kier alpha value is -1.35. The highest BCUT2D eigenvalue weighted by molar-refractivity contribution is 5.79. The van der Waals surface area contributed by atoms with Gasteiger partial charge in [0.25, 0.3) is 0 Å². The second kappa shape index (κ2) is 6.61. The Morgan fingerprint density at radius 1 is 1.24 bits per heavy atom. The summed E-state index contributed by atoms with van der Waals surface area (Å²) < 4.78 is 0. The van der Waals surface area contributed by atoms with Crippen molar-refractivity contribution in [2.24, 2.45) is 0 Å². The van der Waals surface area contributed by atoms with Gasteiger partial charge in [-0.25, -0.2) is 0 Å². The van der Waals surface area contributed by atoms with Gasteiger partial charge in [-0.15, -0.1) is 0 Å². The van der Waals surface area contributed by atoms with E-state index < -0.39 is 0 Å². The molecule has 0 aromatic heterocycles. The predicted molar refractivity (Wildman–Crippen MR) is 85.3 cm³/mol. The number of carbonyl (C=O) groups is 1. The monoisotopic (exact) mass is 286 g/mol. The zero-order chi connectivity index (χ0) is 14.7. The number of nitrogens with one attached hydrogen (secondary N) is 1. The average Bonchev–Trinajstić information content (AvgIpc) is 3.33. The first-order valence-electron chi connectivity index (χ1n) is 8.31. The normalized spacial score (nSPS) is 22.0. The second-order valence-electron chi connectivity index (χ2n) is 6.53. The molecule has 1 unspecified atom stereocenters. The lowest BCUT2D eigenvalue weighted by atomic mass is 10.0. The van der Waals surface area contributed by atoms with Gasteiger partial charge in [-0.2, -0.15) is 0 Å². The van der Waals surface area contributed by atoms with Gasteiger partial charge in [-0.05, 0) is 50.3 Å². The van der Waals surface area contributed by atoms with Gasteiger partial charge in [-0.1, -0.05) is 30.7 Å². The first kappa shape index (κ1) is 14.6. The van der Waals surface area contributed by atoms with E-state index in [9.17, 15) is 4.79 Å². The number of nitrogens with zero attached hydrogens (tertiary/aromatic N) is 1. The van der Waals surface area contributed by atoms with Gasteiger partial charge in [0.1, 0.15) is 0 Å². The third-order valence-electron chi connectivity index (χ3n) is 4.74. The fourth-order valence-electron chi connectivity index (χ4n) is 3.23. The average molecular weight is 286 g/mol. The van der Waals surface area contributed by atoms with Crippen molar-refractivity contribution in [2.75, 3.05) is 13.1 Å². The largest absolute Gasteiger partial charge is 0.338 e. The molecule has 0 bridgehead atoms. The molecule has 2 aliphatic rings. The molecule has 1 aliphatic carbocycles. The third kappa shape index (κ3) is 3.85. The first-order chi connectivity index (χ1) is 10.2. The summed E-state index contributed by atoms with van der Waals surface area (Å²) in [6, 6.07) is 9.24. The number of carbonyl (C=O) groups excluding carboxylic acids is 1. The minimum absolute atomic E-state index is 0.305. The number of rotatable bonds is 5. The third-order valence-corrected chi connectivity index (χ3v) is 4.74. The van der Waals surface area contributed by atoms with Gasteiger partial charge in [0.2, 0.25) is 5.91 Å². The van der Waals surface area contributed by atoms with Gasteiger partial charge < -0.3 is 10.2 Å². The van der Waals surface area contributed by atoms with Crippen LogP contribution in [0.5, 0.6) is 0 Å². The summed E-state index contributed by atoms with van der Waals surface area (Å²) in [5.74, 6) is 0.305. The van der Waals surface area contributed by atoms with E-state index in [4.69, 9.17) is 0 Å². The maximum Gasteiger partial charge on any atom is 0.227 e. The lowest BCUT2D eigenvalue weighted by molar-refractivity contribution is -0.131. The van der Waals surface area contributed by atoms with Gasteiger partial charge in [0.15, 0.2) is 0 Å². The van der Waals surface area contributed by atoms with Crippen molar-refractivity contribution in [1.82, 2.24) is 10.2 Å². The quantitative estimate of drug-likeness (QED) is 0.902. The lowest BCUT2D eigenvalue weighted by Crippen LogP contribution is -2.47. The maximum atomic E-state index is 12.7. The van der Waals surface area contributed by atoms with Gasteiger partial charge in [0.05, 0.1) is 6.42 Å². The molecule has 3 heteroatoms. The Morgan fingerprint density at radius 2 is 2.05 bits per heavy atom. The minimum Gasteiger partial charge on any atom is -0.338 e. The number of aryl methyl sites for hydroxylation is 1. The lowest BCUT2D eigenvalue weighted by Gasteiger charge is -2.31. The highest BCUT2D eigenvalue weighted by Crippen LogP contribution is 2.28. The number of piperidine rings is 1. The summed E-state index contributed by atoms with van der Waals surface area (Å²) >= 11 is 0. The number of hydrogen-bond acceptors (Lipinski definition) is 2. The molecule has 114 valence electrons. The molecule has 1 saturated carbocycles. The molecule has 1 aromatic rings. The molecule has 0 spiro atoms. The molecule has 1 heterocycles. The SMILES string of the molecule is Cc1ccccc1CC(=O)N(CC1CCCCN1)C1CC1. The van der Waals surface area contributed by atoms with Gasteiger partial charge in [-0.3, -0.25) is 4.79 Å². The van der Waals surface area contributed by atoms with Crippen LogP contribution in [0.4, 0.5) is 0 Å². The summed E-state index contributed by atoms with van der Waals surface area (Å²) in [7, 11) is 0. The summed E-state index contributed by atoms with van der Waals surface area (Å²) in [5, 5.41) is 3.57. The Balaban J connectivity index is 1.63. The van der Waals surface area contributed by atoms with Crippen LogP contribution in [0.2, 0.25) is 0 Å². The second-order valence-corrected chi connectivity index (χ2v) is 6.53. The summed E-state index contributed by atoms with van der Waals surface area (Å²) in [4.78, 5) is 14.9. The molecule has 1 aromatic carbocycles. The van der Waals surface area contributed by atoms with Crippen LogP contribution in [0.25, 0.3) is 0 Å². The number of amides is 1. The van der Waals surface area contributed by atoms with E-state index in [0.29, 0.717) is 24.4 Å². The van der Waals surface area contributed by atoms with Crippen molar-refractivity contribution in [3.8, 4) is 0 Å². The van der Waals surface area contributed by atoms with Crippen LogP contribution < -0.4 is 5.32 Å². The molecular formula is C18H26N2O. The molecule has 3 rings (SSSR count). The zero-order valence-electron chi connectivity index (χ0n) is 13.0.